The minimum Gasteiger partial charge on any atom is -0.304 e. The van der Waals surface area contributed by atoms with E-state index in [1.165, 1.54) is 103 Å². The lowest BCUT2D eigenvalue weighted by Gasteiger charge is -2.19. The second-order valence-electron chi connectivity index (χ2n) is 6.99. The Bertz CT molecular complexity index is 188. The molecule has 0 N–H and O–H groups in total. The second kappa shape index (κ2) is 22.9. The van der Waals surface area contributed by atoms with Crippen LogP contribution in [0.2, 0.25) is 0 Å². The van der Waals surface area contributed by atoms with Gasteiger partial charge in [-0.3, -0.25) is 0 Å². The number of nitrogens with zero attached hydrogens (tertiary/aromatic N) is 2. The zero-order chi connectivity index (χ0) is 18.5. The summed E-state index contributed by atoms with van der Waals surface area (Å²) >= 11 is 0. The first-order valence-electron chi connectivity index (χ1n) is 11.1. The predicted molar refractivity (Wildman–Crippen MR) is 113 cm³/mol. The van der Waals surface area contributed by atoms with E-state index in [9.17, 15) is 0 Å². The topological polar surface area (TPSA) is 6.48 Å². The molecule has 0 aliphatic heterocycles. The van der Waals surface area contributed by atoms with Crippen LogP contribution >= 0.6 is 0 Å². The lowest BCUT2D eigenvalue weighted by Crippen LogP contribution is -2.25. The summed E-state index contributed by atoms with van der Waals surface area (Å²) in [5.41, 5.74) is 0. The maximum absolute atomic E-state index is 2.59. The standard InChI is InChI=1S/C12H27N.C10H23N/c1-4-7-9-11-13(6-3)12-10-8-5-2;1-4-7-9-11(6-3)10-8-5-2/h4-12H2,1-3H3;4-10H2,1-3H3. The summed E-state index contributed by atoms with van der Waals surface area (Å²) in [5.74, 6) is 0. The molecule has 24 heavy (non-hydrogen) atoms. The molecule has 0 aromatic heterocycles. The Morgan fingerprint density at radius 3 is 0.917 bits per heavy atom. The fraction of sp³-hybridized carbons (Fsp3) is 1.00. The quantitative estimate of drug-likeness (QED) is 0.292. The molecule has 0 fully saturated rings. The number of unbranched alkanes of at least 4 members (excludes halogenated alkanes) is 6. The number of rotatable bonds is 16. The lowest BCUT2D eigenvalue weighted by atomic mass is 10.2. The maximum atomic E-state index is 2.59. The average Bonchev–Trinajstić information content (AvgIpc) is 2.61. The summed E-state index contributed by atoms with van der Waals surface area (Å²) in [6.45, 7) is 21.3. The predicted octanol–water partition coefficient (Wildman–Crippen LogP) is 6.60. The largest absolute Gasteiger partial charge is 0.304 e. The Labute approximate surface area is 155 Å². The van der Waals surface area contributed by atoms with Crippen molar-refractivity contribution in [3.05, 3.63) is 0 Å². The molecule has 0 radical (unpaired) electrons. The highest BCUT2D eigenvalue weighted by Crippen LogP contribution is 2.02. The molecule has 0 aromatic carbocycles. The zero-order valence-electron chi connectivity index (χ0n) is 18.2. The molecular weight excluding hydrogens is 292 g/mol. The van der Waals surface area contributed by atoms with Crippen molar-refractivity contribution in [3.8, 4) is 0 Å². The molecule has 0 aromatic rings. The molecule has 2 heteroatoms. The molecule has 0 saturated heterocycles. The number of hydrogen-bond donors (Lipinski definition) is 0. The van der Waals surface area contributed by atoms with Gasteiger partial charge in [-0.25, -0.2) is 0 Å². The lowest BCUT2D eigenvalue weighted by molar-refractivity contribution is 0.275. The van der Waals surface area contributed by atoms with Gasteiger partial charge in [0.25, 0.3) is 0 Å². The van der Waals surface area contributed by atoms with Gasteiger partial charge in [0.2, 0.25) is 0 Å². The highest BCUT2D eigenvalue weighted by atomic mass is 15.1. The SMILES string of the molecule is CCCCCN(CC)CCCCC.CCCCN(CC)CCCC. The van der Waals surface area contributed by atoms with E-state index < -0.39 is 0 Å². The van der Waals surface area contributed by atoms with E-state index in [0.29, 0.717) is 0 Å². The minimum absolute atomic E-state index is 1.22. The molecule has 0 atom stereocenters. The molecular formula is C22H50N2. The van der Waals surface area contributed by atoms with Crippen molar-refractivity contribution in [2.24, 2.45) is 0 Å². The van der Waals surface area contributed by atoms with E-state index in [2.05, 4.69) is 51.3 Å². The summed E-state index contributed by atoms with van der Waals surface area (Å²) < 4.78 is 0. The Morgan fingerprint density at radius 1 is 0.375 bits per heavy atom. The fourth-order valence-corrected chi connectivity index (χ4v) is 2.79. The van der Waals surface area contributed by atoms with Crippen molar-refractivity contribution in [1.29, 1.82) is 0 Å². The number of hydrogen-bond acceptors (Lipinski definition) is 2. The summed E-state index contributed by atoms with van der Waals surface area (Å²) in [7, 11) is 0. The molecule has 0 aliphatic carbocycles. The third-order valence-corrected chi connectivity index (χ3v) is 4.71. The zero-order valence-corrected chi connectivity index (χ0v) is 18.2. The summed E-state index contributed by atoms with van der Waals surface area (Å²) in [5, 5.41) is 0. The third-order valence-electron chi connectivity index (χ3n) is 4.71. The van der Waals surface area contributed by atoms with E-state index in [4.69, 9.17) is 0 Å². The van der Waals surface area contributed by atoms with E-state index in [-0.39, 0.29) is 0 Å². The fourth-order valence-electron chi connectivity index (χ4n) is 2.79. The molecule has 148 valence electrons. The molecule has 0 heterocycles. The van der Waals surface area contributed by atoms with Crippen molar-refractivity contribution in [1.82, 2.24) is 9.80 Å². The van der Waals surface area contributed by atoms with E-state index in [1.54, 1.807) is 0 Å². The van der Waals surface area contributed by atoms with Gasteiger partial charge in [-0.2, -0.15) is 0 Å². The second-order valence-corrected chi connectivity index (χ2v) is 6.99. The monoisotopic (exact) mass is 342 g/mol. The van der Waals surface area contributed by atoms with Crippen molar-refractivity contribution in [3.63, 3.8) is 0 Å². The van der Waals surface area contributed by atoms with Crippen LogP contribution in [0.1, 0.15) is 106 Å². The molecule has 0 amide bonds. The summed E-state index contributed by atoms with van der Waals surface area (Å²) in [6.07, 6.45) is 13.6. The van der Waals surface area contributed by atoms with Crippen LogP contribution in [-0.4, -0.2) is 49.1 Å². The van der Waals surface area contributed by atoms with Gasteiger partial charge in [-0.15, -0.1) is 0 Å². The molecule has 0 saturated carbocycles. The first-order valence-corrected chi connectivity index (χ1v) is 11.1. The van der Waals surface area contributed by atoms with Crippen molar-refractivity contribution < 1.29 is 0 Å². The third kappa shape index (κ3) is 20.0. The summed E-state index contributed by atoms with van der Waals surface area (Å²) in [6, 6.07) is 0. The van der Waals surface area contributed by atoms with Crippen LogP contribution in [-0.2, 0) is 0 Å². The van der Waals surface area contributed by atoms with Gasteiger partial charge in [0, 0.05) is 0 Å². The highest BCUT2D eigenvalue weighted by molar-refractivity contribution is 4.56. The summed E-state index contributed by atoms with van der Waals surface area (Å²) in [4.78, 5) is 5.14. The van der Waals surface area contributed by atoms with Gasteiger partial charge in [0.15, 0.2) is 0 Å². The van der Waals surface area contributed by atoms with Crippen molar-refractivity contribution in [2.45, 2.75) is 106 Å². The van der Waals surface area contributed by atoms with Crippen LogP contribution in [0.5, 0.6) is 0 Å². The smallest absolute Gasteiger partial charge is 0.00189 e. The van der Waals surface area contributed by atoms with Crippen LogP contribution in [0, 0.1) is 0 Å². The highest BCUT2D eigenvalue weighted by Gasteiger charge is 2.00. The first-order chi connectivity index (χ1) is 11.7. The van der Waals surface area contributed by atoms with Crippen molar-refractivity contribution in [2.75, 3.05) is 39.3 Å². The van der Waals surface area contributed by atoms with E-state index >= 15 is 0 Å². The Morgan fingerprint density at radius 2 is 0.667 bits per heavy atom. The van der Waals surface area contributed by atoms with Crippen molar-refractivity contribution >= 4 is 0 Å². The van der Waals surface area contributed by atoms with Crippen LogP contribution < -0.4 is 0 Å². The van der Waals surface area contributed by atoms with Crippen LogP contribution in [0.25, 0.3) is 0 Å². The van der Waals surface area contributed by atoms with Gasteiger partial charge in [0.05, 0.1) is 0 Å². The first kappa shape index (κ1) is 26.2. The van der Waals surface area contributed by atoms with Gasteiger partial charge in [-0.1, -0.05) is 80.1 Å². The molecule has 0 rings (SSSR count). The molecule has 0 spiro atoms. The van der Waals surface area contributed by atoms with Gasteiger partial charge < -0.3 is 9.80 Å². The molecule has 0 bridgehead atoms. The van der Waals surface area contributed by atoms with E-state index in [0.717, 1.165) is 0 Å². The molecule has 0 aliphatic rings. The van der Waals surface area contributed by atoms with Gasteiger partial charge in [-0.05, 0) is 65.0 Å². The average molecular weight is 343 g/mol. The van der Waals surface area contributed by atoms with Crippen LogP contribution in [0.15, 0.2) is 0 Å². The Kier molecular flexibility index (Phi) is 25.0. The molecule has 2 nitrogen and oxygen atoms in total. The Balaban J connectivity index is 0. The minimum atomic E-state index is 1.22. The molecule has 0 unspecified atom stereocenters. The van der Waals surface area contributed by atoms with Crippen LogP contribution in [0.4, 0.5) is 0 Å². The normalized spacial score (nSPS) is 11.0. The Hall–Kier alpha value is -0.0800. The van der Waals surface area contributed by atoms with E-state index in [1.807, 2.05) is 0 Å². The maximum Gasteiger partial charge on any atom is -0.00189 e. The van der Waals surface area contributed by atoms with Crippen LogP contribution in [0.3, 0.4) is 0 Å². The van der Waals surface area contributed by atoms with Gasteiger partial charge >= 0.3 is 0 Å². The van der Waals surface area contributed by atoms with Gasteiger partial charge in [0.1, 0.15) is 0 Å².